The van der Waals surface area contributed by atoms with Crippen molar-refractivity contribution in [1.82, 2.24) is 4.90 Å². The summed E-state index contributed by atoms with van der Waals surface area (Å²) in [6, 6.07) is 0. The molecule has 0 aromatic rings. The number of hydrogen-bond acceptors (Lipinski definition) is 2. The van der Waals surface area contributed by atoms with Crippen LogP contribution in [0.4, 0.5) is 0 Å². The van der Waals surface area contributed by atoms with Crippen LogP contribution in [-0.2, 0) is 9.53 Å². The zero-order valence-corrected chi connectivity index (χ0v) is 11.4. The Labute approximate surface area is 106 Å². The van der Waals surface area contributed by atoms with E-state index in [1.807, 2.05) is 25.7 Å². The zero-order chi connectivity index (χ0) is 12.8. The molecule has 1 radical (unpaired) electrons. The van der Waals surface area contributed by atoms with Gasteiger partial charge in [-0.2, -0.15) is 0 Å². The fraction of sp³-hybridized carbons (Fsp3) is 0.857. The van der Waals surface area contributed by atoms with Crippen LogP contribution in [0.2, 0.25) is 0 Å². The van der Waals surface area contributed by atoms with Gasteiger partial charge in [0.15, 0.2) is 0 Å². The summed E-state index contributed by atoms with van der Waals surface area (Å²) in [4.78, 5) is 13.8. The number of amides is 1. The summed E-state index contributed by atoms with van der Waals surface area (Å²) in [5.74, 6) is 1.38. The Hall–Kier alpha value is -0.570. The predicted octanol–water partition coefficient (Wildman–Crippen LogP) is 2.37. The molecule has 0 aromatic heterocycles. The summed E-state index contributed by atoms with van der Waals surface area (Å²) in [5, 5.41) is 0. The van der Waals surface area contributed by atoms with E-state index in [2.05, 4.69) is 6.92 Å². The van der Waals surface area contributed by atoms with Crippen molar-refractivity contribution in [3.8, 4) is 0 Å². The molecule has 1 aliphatic rings. The first-order chi connectivity index (χ1) is 8.06. The first-order valence-electron chi connectivity index (χ1n) is 6.75. The number of carbonyl (C=O) groups is 1. The van der Waals surface area contributed by atoms with Crippen molar-refractivity contribution in [3.05, 3.63) is 6.92 Å². The van der Waals surface area contributed by atoms with Gasteiger partial charge >= 0.3 is 0 Å². The van der Waals surface area contributed by atoms with E-state index < -0.39 is 0 Å². The normalized spacial score (nSPS) is 19.7. The summed E-state index contributed by atoms with van der Waals surface area (Å²) in [6.07, 6.45) is 2.14. The Balaban J connectivity index is 2.32. The predicted molar refractivity (Wildman–Crippen MR) is 69.5 cm³/mol. The van der Waals surface area contributed by atoms with Gasteiger partial charge in [-0.15, -0.1) is 0 Å². The van der Waals surface area contributed by atoms with Gasteiger partial charge in [-0.3, -0.25) is 4.79 Å². The second-order valence-electron chi connectivity index (χ2n) is 5.24. The third kappa shape index (κ3) is 4.30. The highest BCUT2D eigenvalue weighted by molar-refractivity contribution is 5.78. The van der Waals surface area contributed by atoms with Gasteiger partial charge in [0.05, 0.1) is 0 Å². The fourth-order valence-electron chi connectivity index (χ4n) is 2.36. The summed E-state index contributed by atoms with van der Waals surface area (Å²) in [5.41, 5.74) is 0. The van der Waals surface area contributed by atoms with E-state index in [1.54, 1.807) is 0 Å². The molecule has 0 aromatic carbocycles. The van der Waals surface area contributed by atoms with E-state index in [9.17, 15) is 4.79 Å². The number of piperidine rings is 1. The lowest BCUT2D eigenvalue weighted by atomic mass is 9.85. The maximum Gasteiger partial charge on any atom is 0.225 e. The molecule has 99 valence electrons. The van der Waals surface area contributed by atoms with E-state index in [1.165, 1.54) is 0 Å². The molecule has 3 heteroatoms. The molecule has 0 spiro atoms. The minimum absolute atomic E-state index is 0.116. The lowest BCUT2D eigenvalue weighted by Gasteiger charge is -2.35. The van der Waals surface area contributed by atoms with Crippen molar-refractivity contribution in [2.24, 2.45) is 17.8 Å². The third-order valence-electron chi connectivity index (χ3n) is 3.55. The molecule has 1 saturated heterocycles. The fourth-order valence-corrected chi connectivity index (χ4v) is 2.36. The Bertz CT molecular complexity index is 232. The van der Waals surface area contributed by atoms with E-state index in [4.69, 9.17) is 4.74 Å². The maximum absolute atomic E-state index is 11.8. The van der Waals surface area contributed by atoms with E-state index in [0.717, 1.165) is 39.1 Å². The van der Waals surface area contributed by atoms with Gasteiger partial charge in [-0.25, -0.2) is 0 Å². The number of carbonyl (C=O) groups excluding carboxylic acids is 1. The molecule has 1 fully saturated rings. The second kappa shape index (κ2) is 7.00. The van der Waals surface area contributed by atoms with Crippen LogP contribution in [0.3, 0.4) is 0 Å². The van der Waals surface area contributed by atoms with Crippen LogP contribution >= 0.6 is 0 Å². The number of likely N-dealkylation sites (tertiary alicyclic amines) is 1. The monoisotopic (exact) mass is 240 g/mol. The van der Waals surface area contributed by atoms with E-state index >= 15 is 0 Å². The van der Waals surface area contributed by atoms with Crippen LogP contribution < -0.4 is 0 Å². The van der Waals surface area contributed by atoms with Crippen molar-refractivity contribution in [2.45, 2.75) is 33.6 Å². The molecule has 1 heterocycles. The van der Waals surface area contributed by atoms with Gasteiger partial charge in [-0.05, 0) is 38.5 Å². The molecule has 1 amide bonds. The molecular formula is C14H26NO2. The Morgan fingerprint density at radius 3 is 2.47 bits per heavy atom. The molecule has 3 nitrogen and oxygen atoms in total. The first kappa shape index (κ1) is 14.5. The minimum Gasteiger partial charge on any atom is -0.381 e. The van der Waals surface area contributed by atoms with Crippen LogP contribution in [-0.4, -0.2) is 37.1 Å². The Morgan fingerprint density at radius 1 is 1.41 bits per heavy atom. The van der Waals surface area contributed by atoms with Gasteiger partial charge in [-0.1, -0.05) is 13.8 Å². The van der Waals surface area contributed by atoms with Gasteiger partial charge < -0.3 is 9.64 Å². The van der Waals surface area contributed by atoms with Crippen LogP contribution in [0.25, 0.3) is 0 Å². The number of rotatable bonds is 5. The molecule has 0 aliphatic carbocycles. The van der Waals surface area contributed by atoms with Crippen LogP contribution in [0.15, 0.2) is 0 Å². The van der Waals surface area contributed by atoms with Crippen LogP contribution in [0, 0.1) is 24.7 Å². The smallest absolute Gasteiger partial charge is 0.225 e. The number of hydrogen-bond donors (Lipinski definition) is 0. The standard InChI is InChI=1S/C14H26NO2/c1-5-17-10-12(4)13-6-8-15(9-7-13)14(16)11(2)3/h11-13H,4-10H2,1-3H3. The number of ether oxygens (including phenoxy) is 1. The van der Waals surface area contributed by atoms with Gasteiger partial charge in [0.2, 0.25) is 5.91 Å². The molecular weight excluding hydrogens is 214 g/mol. The summed E-state index contributed by atoms with van der Waals surface area (Å²) < 4.78 is 5.42. The zero-order valence-electron chi connectivity index (χ0n) is 11.4. The largest absolute Gasteiger partial charge is 0.381 e. The van der Waals surface area contributed by atoms with Crippen LogP contribution in [0.1, 0.15) is 33.6 Å². The number of nitrogens with zero attached hydrogens (tertiary/aromatic N) is 1. The highest BCUT2D eigenvalue weighted by Crippen LogP contribution is 2.25. The van der Waals surface area contributed by atoms with Gasteiger partial charge in [0.25, 0.3) is 0 Å². The van der Waals surface area contributed by atoms with Crippen molar-refractivity contribution < 1.29 is 9.53 Å². The van der Waals surface area contributed by atoms with Gasteiger partial charge in [0.1, 0.15) is 0 Å². The van der Waals surface area contributed by atoms with Crippen molar-refractivity contribution in [3.63, 3.8) is 0 Å². The first-order valence-corrected chi connectivity index (χ1v) is 6.75. The third-order valence-corrected chi connectivity index (χ3v) is 3.55. The van der Waals surface area contributed by atoms with E-state index in [0.29, 0.717) is 11.8 Å². The topological polar surface area (TPSA) is 29.5 Å². The summed E-state index contributed by atoms with van der Waals surface area (Å²) >= 11 is 0. The molecule has 1 atom stereocenters. The molecule has 1 aliphatic heterocycles. The summed E-state index contributed by atoms with van der Waals surface area (Å²) in [6.45, 7) is 13.4. The maximum atomic E-state index is 11.8. The summed E-state index contributed by atoms with van der Waals surface area (Å²) in [7, 11) is 0. The molecule has 0 bridgehead atoms. The Kier molecular flexibility index (Phi) is 5.96. The lowest BCUT2D eigenvalue weighted by Crippen LogP contribution is -2.42. The lowest BCUT2D eigenvalue weighted by molar-refractivity contribution is -0.136. The van der Waals surface area contributed by atoms with Crippen molar-refractivity contribution >= 4 is 5.91 Å². The minimum atomic E-state index is 0.116. The quantitative estimate of drug-likeness (QED) is 0.738. The molecule has 0 N–H and O–H groups in total. The van der Waals surface area contributed by atoms with Crippen molar-refractivity contribution in [2.75, 3.05) is 26.3 Å². The SMILES string of the molecule is [CH2]C(COCC)C1CCN(C(=O)C(C)C)CC1. The highest BCUT2D eigenvalue weighted by atomic mass is 16.5. The average molecular weight is 240 g/mol. The second-order valence-corrected chi connectivity index (χ2v) is 5.24. The molecule has 0 saturated carbocycles. The highest BCUT2D eigenvalue weighted by Gasteiger charge is 2.27. The van der Waals surface area contributed by atoms with E-state index in [-0.39, 0.29) is 11.8 Å². The average Bonchev–Trinajstić information content (AvgIpc) is 2.35. The molecule has 1 rings (SSSR count). The van der Waals surface area contributed by atoms with Crippen molar-refractivity contribution in [1.29, 1.82) is 0 Å². The van der Waals surface area contributed by atoms with Gasteiger partial charge in [0, 0.05) is 32.2 Å². The van der Waals surface area contributed by atoms with Crippen LogP contribution in [0.5, 0.6) is 0 Å². The molecule has 1 unspecified atom stereocenters. The molecule has 17 heavy (non-hydrogen) atoms. The Morgan fingerprint density at radius 2 is 2.00 bits per heavy atom.